The first-order chi connectivity index (χ1) is 5.47. The first-order valence-corrected chi connectivity index (χ1v) is 5.81. The summed E-state index contributed by atoms with van der Waals surface area (Å²) in [6, 6.07) is 0. The van der Waals surface area contributed by atoms with E-state index in [1.807, 2.05) is 0 Å². The van der Waals surface area contributed by atoms with Crippen LogP contribution in [-0.2, 0) is 14.8 Å². The number of nitrogens with two attached hydrogens (primary N) is 1. The van der Waals surface area contributed by atoms with Gasteiger partial charge in [0.05, 0.1) is 11.9 Å². The maximum absolute atomic E-state index is 10.7. The Morgan fingerprint density at radius 3 is 2.58 bits per heavy atom. The lowest BCUT2D eigenvalue weighted by molar-refractivity contribution is 0.00214. The Morgan fingerprint density at radius 1 is 1.50 bits per heavy atom. The molecule has 72 valence electrons. The second kappa shape index (κ2) is 3.72. The SMILES string of the molecule is C[C@H]1CC[C@H](CS(N)(=O)=O)OC1. The number of ether oxygens (including phenoxy) is 1. The van der Waals surface area contributed by atoms with Gasteiger partial charge in [-0.25, -0.2) is 13.6 Å². The van der Waals surface area contributed by atoms with Gasteiger partial charge in [0.1, 0.15) is 0 Å². The fourth-order valence-corrected chi connectivity index (χ4v) is 2.11. The molecule has 0 aromatic carbocycles. The summed E-state index contributed by atoms with van der Waals surface area (Å²) in [5, 5.41) is 4.89. The molecule has 0 aromatic rings. The summed E-state index contributed by atoms with van der Waals surface area (Å²) in [5.74, 6) is 0.501. The van der Waals surface area contributed by atoms with Crippen molar-refractivity contribution in [1.29, 1.82) is 0 Å². The Labute approximate surface area is 73.1 Å². The van der Waals surface area contributed by atoms with Crippen LogP contribution in [0.5, 0.6) is 0 Å². The van der Waals surface area contributed by atoms with Crippen molar-refractivity contribution in [3.05, 3.63) is 0 Å². The third kappa shape index (κ3) is 3.51. The van der Waals surface area contributed by atoms with Crippen LogP contribution in [0, 0.1) is 5.92 Å². The first-order valence-electron chi connectivity index (χ1n) is 4.09. The molecular formula is C7H15NO3S. The quantitative estimate of drug-likeness (QED) is 0.675. The van der Waals surface area contributed by atoms with Crippen molar-refractivity contribution in [3.8, 4) is 0 Å². The van der Waals surface area contributed by atoms with Crippen LogP contribution in [0.15, 0.2) is 0 Å². The van der Waals surface area contributed by atoms with Crippen LogP contribution in [0.3, 0.4) is 0 Å². The molecule has 2 N–H and O–H groups in total. The number of rotatable bonds is 2. The number of hydrogen-bond acceptors (Lipinski definition) is 3. The van der Waals surface area contributed by atoms with E-state index in [0.717, 1.165) is 12.8 Å². The number of sulfonamides is 1. The molecule has 0 aliphatic carbocycles. The zero-order valence-electron chi connectivity index (χ0n) is 7.19. The summed E-state index contributed by atoms with van der Waals surface area (Å²) in [4.78, 5) is 0. The zero-order valence-corrected chi connectivity index (χ0v) is 8.01. The molecule has 1 rings (SSSR count). The largest absolute Gasteiger partial charge is 0.377 e. The van der Waals surface area contributed by atoms with Gasteiger partial charge in [0.15, 0.2) is 0 Å². The monoisotopic (exact) mass is 193 g/mol. The fraction of sp³-hybridized carbons (Fsp3) is 1.00. The average Bonchev–Trinajstić information content (AvgIpc) is 1.91. The van der Waals surface area contributed by atoms with Crippen molar-refractivity contribution in [2.45, 2.75) is 25.9 Å². The minimum absolute atomic E-state index is 0.0419. The molecule has 0 radical (unpaired) electrons. The molecule has 0 unspecified atom stereocenters. The van der Waals surface area contributed by atoms with Gasteiger partial charge in [-0.2, -0.15) is 0 Å². The molecular weight excluding hydrogens is 178 g/mol. The maximum Gasteiger partial charge on any atom is 0.211 e. The van der Waals surface area contributed by atoms with E-state index in [2.05, 4.69) is 6.92 Å². The third-order valence-corrected chi connectivity index (χ3v) is 2.85. The summed E-state index contributed by atoms with van der Waals surface area (Å²) >= 11 is 0. The second-order valence-electron chi connectivity index (χ2n) is 3.47. The molecule has 1 aliphatic heterocycles. The molecule has 1 fully saturated rings. The summed E-state index contributed by atoms with van der Waals surface area (Å²) in [7, 11) is -3.37. The second-order valence-corrected chi connectivity index (χ2v) is 5.13. The van der Waals surface area contributed by atoms with E-state index in [0.29, 0.717) is 12.5 Å². The third-order valence-electron chi connectivity index (χ3n) is 2.02. The lowest BCUT2D eigenvalue weighted by Gasteiger charge is -2.25. The minimum Gasteiger partial charge on any atom is -0.377 e. The molecule has 2 atom stereocenters. The normalized spacial score (nSPS) is 31.8. The Hall–Kier alpha value is -0.130. The Bertz CT molecular complexity index is 229. The van der Waals surface area contributed by atoms with Crippen molar-refractivity contribution >= 4 is 10.0 Å². The van der Waals surface area contributed by atoms with Gasteiger partial charge in [-0.1, -0.05) is 6.92 Å². The lowest BCUT2D eigenvalue weighted by Crippen LogP contribution is -2.33. The van der Waals surface area contributed by atoms with Gasteiger partial charge < -0.3 is 4.74 Å². The molecule has 12 heavy (non-hydrogen) atoms. The highest BCUT2D eigenvalue weighted by Crippen LogP contribution is 2.18. The van der Waals surface area contributed by atoms with Gasteiger partial charge in [-0.15, -0.1) is 0 Å². The Morgan fingerprint density at radius 2 is 2.17 bits per heavy atom. The fourth-order valence-electron chi connectivity index (χ4n) is 1.33. The Balaban J connectivity index is 2.36. The molecule has 0 amide bonds. The van der Waals surface area contributed by atoms with E-state index in [1.54, 1.807) is 0 Å². The minimum atomic E-state index is -3.37. The predicted octanol–water partition coefficient (Wildman–Crippen LogP) is 0.0900. The van der Waals surface area contributed by atoms with Crippen molar-refractivity contribution < 1.29 is 13.2 Å². The van der Waals surface area contributed by atoms with Crippen LogP contribution in [0.25, 0.3) is 0 Å². The van der Waals surface area contributed by atoms with Gasteiger partial charge in [-0.3, -0.25) is 0 Å². The molecule has 0 bridgehead atoms. The van der Waals surface area contributed by atoms with Crippen molar-refractivity contribution in [3.63, 3.8) is 0 Å². The maximum atomic E-state index is 10.7. The van der Waals surface area contributed by atoms with E-state index >= 15 is 0 Å². The van der Waals surface area contributed by atoms with E-state index in [9.17, 15) is 8.42 Å². The Kier molecular flexibility index (Phi) is 3.09. The molecule has 0 spiro atoms. The van der Waals surface area contributed by atoms with E-state index in [1.165, 1.54) is 0 Å². The number of primary sulfonamides is 1. The van der Waals surface area contributed by atoms with E-state index < -0.39 is 10.0 Å². The van der Waals surface area contributed by atoms with Crippen molar-refractivity contribution in [2.24, 2.45) is 11.1 Å². The van der Waals surface area contributed by atoms with Crippen molar-refractivity contribution in [1.82, 2.24) is 0 Å². The first kappa shape index (κ1) is 9.95. The standard InChI is InChI=1S/C7H15NO3S/c1-6-2-3-7(11-4-6)5-12(8,9)10/h6-7H,2-5H2,1H3,(H2,8,9,10)/t6-,7+/m0/s1. The van der Waals surface area contributed by atoms with Gasteiger partial charge in [0, 0.05) is 6.61 Å². The molecule has 4 nitrogen and oxygen atoms in total. The zero-order chi connectivity index (χ0) is 9.19. The highest BCUT2D eigenvalue weighted by molar-refractivity contribution is 7.89. The van der Waals surface area contributed by atoms with E-state index in [-0.39, 0.29) is 11.9 Å². The average molecular weight is 193 g/mol. The molecule has 0 aromatic heterocycles. The topological polar surface area (TPSA) is 69.4 Å². The number of hydrogen-bond donors (Lipinski definition) is 1. The van der Waals surface area contributed by atoms with Crippen LogP contribution in [0.4, 0.5) is 0 Å². The van der Waals surface area contributed by atoms with Crippen molar-refractivity contribution in [2.75, 3.05) is 12.4 Å². The predicted molar refractivity (Wildman–Crippen MR) is 46.1 cm³/mol. The summed E-state index contributed by atoms with van der Waals surface area (Å²) in [5.41, 5.74) is 0. The van der Waals surface area contributed by atoms with Crippen LogP contribution in [0.1, 0.15) is 19.8 Å². The van der Waals surface area contributed by atoms with Crippen LogP contribution in [0.2, 0.25) is 0 Å². The summed E-state index contributed by atoms with van der Waals surface area (Å²) in [6.45, 7) is 2.74. The van der Waals surface area contributed by atoms with Gasteiger partial charge in [0.25, 0.3) is 0 Å². The smallest absolute Gasteiger partial charge is 0.211 e. The van der Waals surface area contributed by atoms with Crippen LogP contribution >= 0.6 is 0 Å². The summed E-state index contributed by atoms with van der Waals surface area (Å²) in [6.07, 6.45) is 1.65. The lowest BCUT2D eigenvalue weighted by atomic mass is 10.0. The summed E-state index contributed by atoms with van der Waals surface area (Å²) < 4.78 is 26.7. The molecule has 1 heterocycles. The molecule has 0 saturated carbocycles. The molecule has 5 heteroatoms. The van der Waals surface area contributed by atoms with E-state index in [4.69, 9.17) is 9.88 Å². The van der Waals surface area contributed by atoms with Gasteiger partial charge >= 0.3 is 0 Å². The van der Waals surface area contributed by atoms with Crippen LogP contribution in [-0.4, -0.2) is 26.9 Å². The van der Waals surface area contributed by atoms with Gasteiger partial charge in [0.2, 0.25) is 10.0 Å². The highest BCUT2D eigenvalue weighted by atomic mass is 32.2. The van der Waals surface area contributed by atoms with Gasteiger partial charge in [-0.05, 0) is 18.8 Å². The highest BCUT2D eigenvalue weighted by Gasteiger charge is 2.22. The van der Waals surface area contributed by atoms with Crippen LogP contribution < -0.4 is 5.14 Å². The molecule has 1 aliphatic rings. The molecule has 1 saturated heterocycles.